The summed E-state index contributed by atoms with van der Waals surface area (Å²) in [7, 11) is 0. The second-order valence-electron chi connectivity index (χ2n) is 5.66. The van der Waals surface area contributed by atoms with Gasteiger partial charge in [-0.05, 0) is 24.3 Å². The summed E-state index contributed by atoms with van der Waals surface area (Å²) in [4.78, 5) is 11.1. The van der Waals surface area contributed by atoms with Crippen molar-refractivity contribution >= 4 is 17.4 Å². The van der Waals surface area contributed by atoms with Gasteiger partial charge in [-0.25, -0.2) is 4.79 Å². The first-order chi connectivity index (χ1) is 9.66. The molecule has 20 heavy (non-hydrogen) atoms. The molecule has 1 N–H and O–H groups in total. The molecule has 3 rings (SSSR count). The monoisotopic (exact) mass is 270 g/mol. The summed E-state index contributed by atoms with van der Waals surface area (Å²) >= 11 is 0. The van der Waals surface area contributed by atoms with Gasteiger partial charge >= 0.3 is 5.97 Å². The van der Waals surface area contributed by atoms with E-state index >= 15 is 0 Å². The number of carboxylic acids is 1. The average Bonchev–Trinajstić information content (AvgIpc) is 2.56. The van der Waals surface area contributed by atoms with Crippen molar-refractivity contribution in [2.75, 3.05) is 0 Å². The van der Waals surface area contributed by atoms with Crippen LogP contribution in [0, 0.1) is 11.8 Å². The molecule has 104 valence electrons. The predicted octanol–water partition coefficient (Wildman–Crippen LogP) is 3.10. The highest BCUT2D eigenvalue weighted by atomic mass is 16.4. The molecule has 4 heteroatoms. The van der Waals surface area contributed by atoms with Crippen LogP contribution in [0.1, 0.15) is 37.7 Å². The van der Waals surface area contributed by atoms with Crippen LogP contribution in [0.25, 0.3) is 0 Å². The molecule has 0 radical (unpaired) electrons. The lowest BCUT2D eigenvalue weighted by Gasteiger charge is -2.37. The maximum atomic E-state index is 11.1. The standard InChI is InChI=1S/C16H18N2O2/c1-10(11-5-3-2-4-6-11)15-13-8-7-12(13)9-14(16(19)20)17-18-15/h2-6,10,12-13H,7-9H2,1H3,(H,19,20). The van der Waals surface area contributed by atoms with Crippen LogP contribution in [0.5, 0.6) is 0 Å². The highest BCUT2D eigenvalue weighted by Crippen LogP contribution is 2.42. The van der Waals surface area contributed by atoms with Gasteiger partial charge in [-0.3, -0.25) is 0 Å². The van der Waals surface area contributed by atoms with Gasteiger partial charge in [-0.15, -0.1) is 5.10 Å². The Bertz CT molecular complexity index is 577. The zero-order chi connectivity index (χ0) is 14.1. The fraction of sp³-hybridized carbons (Fsp3) is 0.438. The van der Waals surface area contributed by atoms with Gasteiger partial charge in [0, 0.05) is 18.3 Å². The first-order valence-corrected chi connectivity index (χ1v) is 7.09. The molecule has 0 spiro atoms. The average molecular weight is 270 g/mol. The van der Waals surface area contributed by atoms with Gasteiger partial charge in [0.2, 0.25) is 0 Å². The van der Waals surface area contributed by atoms with Crippen LogP contribution < -0.4 is 0 Å². The van der Waals surface area contributed by atoms with Gasteiger partial charge in [0.05, 0.1) is 5.71 Å². The zero-order valence-corrected chi connectivity index (χ0v) is 11.5. The maximum absolute atomic E-state index is 11.1. The lowest BCUT2D eigenvalue weighted by atomic mass is 9.66. The lowest BCUT2D eigenvalue weighted by molar-refractivity contribution is -0.129. The highest BCUT2D eigenvalue weighted by Gasteiger charge is 2.40. The minimum absolute atomic E-state index is 0.195. The molecule has 1 aliphatic carbocycles. The Balaban J connectivity index is 1.92. The number of rotatable bonds is 3. The SMILES string of the molecule is CC(C1=NN=C(C(=O)O)CC2CCC12)c1ccccc1. The highest BCUT2D eigenvalue weighted by molar-refractivity contribution is 6.35. The molecule has 1 aromatic rings. The lowest BCUT2D eigenvalue weighted by Crippen LogP contribution is -2.36. The van der Waals surface area contributed by atoms with E-state index in [0.717, 1.165) is 18.6 Å². The molecule has 3 unspecified atom stereocenters. The molecule has 4 nitrogen and oxygen atoms in total. The Kier molecular flexibility index (Phi) is 3.38. The zero-order valence-electron chi connectivity index (χ0n) is 11.5. The van der Waals surface area contributed by atoms with E-state index in [9.17, 15) is 4.79 Å². The molecule has 1 heterocycles. The van der Waals surface area contributed by atoms with Gasteiger partial charge in [0.15, 0.2) is 0 Å². The largest absolute Gasteiger partial charge is 0.477 e. The molecule has 1 fully saturated rings. The predicted molar refractivity (Wildman–Crippen MR) is 78.2 cm³/mol. The second kappa shape index (κ2) is 5.19. The van der Waals surface area contributed by atoms with Crippen molar-refractivity contribution in [2.45, 2.75) is 32.1 Å². The molecule has 0 bridgehead atoms. The van der Waals surface area contributed by atoms with Crippen molar-refractivity contribution in [2.24, 2.45) is 22.0 Å². The van der Waals surface area contributed by atoms with Crippen LogP contribution in [0.3, 0.4) is 0 Å². The van der Waals surface area contributed by atoms with Crippen LogP contribution in [0.15, 0.2) is 40.5 Å². The smallest absolute Gasteiger partial charge is 0.352 e. The number of fused-ring (bicyclic) bond motifs is 1. The number of carboxylic acid groups (broad SMARTS) is 1. The molecule has 0 saturated heterocycles. The molecule has 2 aliphatic rings. The van der Waals surface area contributed by atoms with Crippen LogP contribution >= 0.6 is 0 Å². The molecule has 0 aromatic heterocycles. The quantitative estimate of drug-likeness (QED) is 0.917. The Hall–Kier alpha value is -1.97. The number of hydrogen-bond acceptors (Lipinski definition) is 3. The number of carbonyl (C=O) groups is 1. The molecule has 1 aromatic carbocycles. The third kappa shape index (κ3) is 2.26. The topological polar surface area (TPSA) is 62.0 Å². The van der Waals surface area contributed by atoms with Crippen molar-refractivity contribution in [3.05, 3.63) is 35.9 Å². The number of benzene rings is 1. The van der Waals surface area contributed by atoms with E-state index in [1.54, 1.807) is 0 Å². The minimum Gasteiger partial charge on any atom is -0.477 e. The minimum atomic E-state index is -0.937. The van der Waals surface area contributed by atoms with Crippen molar-refractivity contribution in [3.8, 4) is 0 Å². The van der Waals surface area contributed by atoms with E-state index < -0.39 is 5.97 Å². The second-order valence-corrected chi connectivity index (χ2v) is 5.66. The fourth-order valence-electron chi connectivity index (χ4n) is 3.13. The van der Waals surface area contributed by atoms with Gasteiger partial charge in [0.25, 0.3) is 0 Å². The first kappa shape index (κ1) is 13.0. The number of nitrogens with zero attached hydrogens (tertiary/aromatic N) is 2. The Morgan fingerprint density at radius 1 is 1.25 bits per heavy atom. The summed E-state index contributed by atoms with van der Waals surface area (Å²) in [5.41, 5.74) is 2.46. The summed E-state index contributed by atoms with van der Waals surface area (Å²) in [6, 6.07) is 10.2. The third-order valence-electron chi connectivity index (χ3n) is 4.53. The fourth-order valence-corrected chi connectivity index (χ4v) is 3.13. The van der Waals surface area contributed by atoms with Gasteiger partial charge in [-0.1, -0.05) is 37.3 Å². The van der Waals surface area contributed by atoms with Crippen molar-refractivity contribution in [1.29, 1.82) is 0 Å². The summed E-state index contributed by atoms with van der Waals surface area (Å²) < 4.78 is 0. The van der Waals surface area contributed by atoms with E-state index in [4.69, 9.17) is 5.11 Å². The van der Waals surface area contributed by atoms with E-state index in [0.29, 0.717) is 18.3 Å². The summed E-state index contributed by atoms with van der Waals surface area (Å²) in [5, 5.41) is 17.4. The molecule has 3 atom stereocenters. The molecule has 1 saturated carbocycles. The van der Waals surface area contributed by atoms with Crippen molar-refractivity contribution < 1.29 is 9.90 Å². The third-order valence-corrected chi connectivity index (χ3v) is 4.53. The molecular formula is C16H18N2O2. The van der Waals surface area contributed by atoms with Crippen molar-refractivity contribution in [1.82, 2.24) is 0 Å². The molecule has 0 amide bonds. The normalized spacial score (nSPS) is 26.4. The van der Waals surface area contributed by atoms with Crippen LogP contribution in [-0.4, -0.2) is 22.5 Å². The van der Waals surface area contributed by atoms with Crippen LogP contribution in [0.4, 0.5) is 0 Å². The molecular weight excluding hydrogens is 252 g/mol. The van der Waals surface area contributed by atoms with Crippen LogP contribution in [-0.2, 0) is 4.79 Å². The van der Waals surface area contributed by atoms with Gasteiger partial charge < -0.3 is 5.11 Å². The summed E-state index contributed by atoms with van der Waals surface area (Å²) in [6.07, 6.45) is 2.73. The van der Waals surface area contributed by atoms with Gasteiger partial charge in [-0.2, -0.15) is 5.10 Å². The Morgan fingerprint density at radius 2 is 2.00 bits per heavy atom. The first-order valence-electron chi connectivity index (χ1n) is 7.09. The summed E-state index contributed by atoms with van der Waals surface area (Å²) in [6.45, 7) is 2.13. The van der Waals surface area contributed by atoms with E-state index in [2.05, 4.69) is 29.3 Å². The van der Waals surface area contributed by atoms with Gasteiger partial charge in [0.1, 0.15) is 5.71 Å². The number of hydrogen-bond donors (Lipinski definition) is 1. The van der Waals surface area contributed by atoms with E-state index in [-0.39, 0.29) is 11.6 Å². The van der Waals surface area contributed by atoms with E-state index in [1.165, 1.54) is 5.56 Å². The Labute approximate surface area is 118 Å². The van der Waals surface area contributed by atoms with Crippen molar-refractivity contribution in [3.63, 3.8) is 0 Å². The maximum Gasteiger partial charge on any atom is 0.352 e. The summed E-state index contributed by atoms with van der Waals surface area (Å²) in [5.74, 6) is 0.0528. The molecule has 1 aliphatic heterocycles. The van der Waals surface area contributed by atoms with Crippen LogP contribution in [0.2, 0.25) is 0 Å². The number of aliphatic carboxylic acids is 1. The Morgan fingerprint density at radius 3 is 2.60 bits per heavy atom. The van der Waals surface area contributed by atoms with E-state index in [1.807, 2.05) is 18.2 Å².